The van der Waals surface area contributed by atoms with Crippen LogP contribution in [0, 0.1) is 5.92 Å². The van der Waals surface area contributed by atoms with Gasteiger partial charge in [-0.1, -0.05) is 30.3 Å². The van der Waals surface area contributed by atoms with Crippen molar-refractivity contribution in [1.82, 2.24) is 10.2 Å². The van der Waals surface area contributed by atoms with Crippen molar-refractivity contribution in [3.05, 3.63) is 35.9 Å². The first-order valence-electron chi connectivity index (χ1n) is 6.95. The van der Waals surface area contributed by atoms with Gasteiger partial charge in [0.25, 0.3) is 0 Å². The molecule has 1 aliphatic heterocycles. The van der Waals surface area contributed by atoms with Gasteiger partial charge in [0, 0.05) is 19.6 Å². The minimum atomic E-state index is 0.0126. The van der Waals surface area contributed by atoms with Gasteiger partial charge in [-0.15, -0.1) is 0 Å². The van der Waals surface area contributed by atoms with Gasteiger partial charge in [-0.3, -0.25) is 4.79 Å². The van der Waals surface area contributed by atoms with Crippen LogP contribution in [0.2, 0.25) is 0 Å². The Morgan fingerprint density at radius 1 is 1.37 bits per heavy atom. The number of piperidine rings is 1. The van der Waals surface area contributed by atoms with Crippen LogP contribution in [-0.2, 0) is 11.3 Å². The normalized spacial score (nSPS) is 19.1. The fourth-order valence-corrected chi connectivity index (χ4v) is 2.51. The smallest absolute Gasteiger partial charge is 0.227 e. The van der Waals surface area contributed by atoms with Gasteiger partial charge in [0.15, 0.2) is 0 Å². The Morgan fingerprint density at radius 3 is 2.79 bits per heavy atom. The first-order chi connectivity index (χ1) is 9.31. The average molecular weight is 262 g/mol. The number of hydrogen-bond donors (Lipinski definition) is 2. The van der Waals surface area contributed by atoms with Crippen LogP contribution in [0.3, 0.4) is 0 Å². The maximum Gasteiger partial charge on any atom is 0.227 e. The van der Waals surface area contributed by atoms with Gasteiger partial charge >= 0.3 is 0 Å². The van der Waals surface area contributed by atoms with E-state index in [0.717, 1.165) is 31.5 Å². The Hall–Kier alpha value is -1.39. The number of amides is 1. The molecule has 1 aromatic rings. The number of nitrogens with zero attached hydrogens (tertiary/aromatic N) is 1. The van der Waals surface area contributed by atoms with Crippen molar-refractivity contribution in [2.75, 3.05) is 26.2 Å². The van der Waals surface area contributed by atoms with Gasteiger partial charge in [0.1, 0.15) is 0 Å². The molecule has 1 aliphatic rings. The molecular formula is C15H22N2O2. The Morgan fingerprint density at radius 2 is 2.16 bits per heavy atom. The minimum Gasteiger partial charge on any atom is -0.395 e. The van der Waals surface area contributed by atoms with Gasteiger partial charge < -0.3 is 15.3 Å². The van der Waals surface area contributed by atoms with Crippen LogP contribution in [0.4, 0.5) is 0 Å². The molecule has 0 spiro atoms. The van der Waals surface area contributed by atoms with Crippen LogP contribution < -0.4 is 5.32 Å². The van der Waals surface area contributed by atoms with E-state index in [1.165, 1.54) is 0 Å². The van der Waals surface area contributed by atoms with E-state index < -0.39 is 0 Å². The van der Waals surface area contributed by atoms with Crippen LogP contribution in [0.1, 0.15) is 18.4 Å². The van der Waals surface area contributed by atoms with Crippen molar-refractivity contribution in [3.63, 3.8) is 0 Å². The standard InChI is InChI=1S/C15H22N2O2/c18-10-9-17(12-13-5-2-1-3-6-13)15(19)14-7-4-8-16-11-14/h1-3,5-6,14,16,18H,4,7-12H2/t14-/m0/s1. The number of rotatable bonds is 5. The van der Waals surface area contributed by atoms with Crippen molar-refractivity contribution in [1.29, 1.82) is 0 Å². The van der Waals surface area contributed by atoms with Crippen LogP contribution >= 0.6 is 0 Å². The third kappa shape index (κ3) is 4.04. The van der Waals surface area contributed by atoms with E-state index in [-0.39, 0.29) is 18.4 Å². The lowest BCUT2D eigenvalue weighted by Gasteiger charge is -2.29. The zero-order chi connectivity index (χ0) is 13.5. The summed E-state index contributed by atoms with van der Waals surface area (Å²) in [6.07, 6.45) is 2.00. The highest BCUT2D eigenvalue weighted by Crippen LogP contribution is 2.15. The summed E-state index contributed by atoms with van der Waals surface area (Å²) in [4.78, 5) is 14.2. The van der Waals surface area contributed by atoms with Gasteiger partial charge in [-0.25, -0.2) is 0 Å². The monoisotopic (exact) mass is 262 g/mol. The number of carbonyl (C=O) groups is 1. The lowest BCUT2D eigenvalue weighted by Crippen LogP contribution is -2.43. The molecular weight excluding hydrogens is 240 g/mol. The summed E-state index contributed by atoms with van der Waals surface area (Å²) in [7, 11) is 0. The molecule has 4 heteroatoms. The van der Waals surface area contributed by atoms with E-state index >= 15 is 0 Å². The predicted molar refractivity (Wildman–Crippen MR) is 74.5 cm³/mol. The molecule has 2 rings (SSSR count). The van der Waals surface area contributed by atoms with E-state index in [0.29, 0.717) is 13.1 Å². The fourth-order valence-electron chi connectivity index (χ4n) is 2.51. The van der Waals surface area contributed by atoms with E-state index in [1.54, 1.807) is 4.90 Å². The highest BCUT2D eigenvalue weighted by atomic mass is 16.3. The summed E-state index contributed by atoms with van der Waals surface area (Å²) >= 11 is 0. The summed E-state index contributed by atoms with van der Waals surface area (Å²) < 4.78 is 0. The second kappa shape index (κ2) is 7.26. The molecule has 1 fully saturated rings. The molecule has 1 atom stereocenters. The van der Waals surface area contributed by atoms with Gasteiger partial charge in [0.05, 0.1) is 12.5 Å². The summed E-state index contributed by atoms with van der Waals surface area (Å²) in [6.45, 7) is 2.76. The number of carbonyl (C=O) groups excluding carboxylic acids is 1. The van der Waals surface area contributed by atoms with Crippen molar-refractivity contribution < 1.29 is 9.90 Å². The Bertz CT molecular complexity index is 388. The quantitative estimate of drug-likeness (QED) is 0.832. The summed E-state index contributed by atoms with van der Waals surface area (Å²) in [5.74, 6) is 0.217. The van der Waals surface area contributed by atoms with E-state index in [2.05, 4.69) is 5.32 Å². The Kier molecular flexibility index (Phi) is 5.36. The SMILES string of the molecule is O=C([C@H]1CCCNC1)N(CCO)Cc1ccccc1. The molecule has 104 valence electrons. The number of hydrogen-bond acceptors (Lipinski definition) is 3. The van der Waals surface area contributed by atoms with E-state index in [9.17, 15) is 4.79 Å². The first kappa shape index (κ1) is 14.0. The van der Waals surface area contributed by atoms with Crippen LogP contribution in [0.5, 0.6) is 0 Å². The number of nitrogens with one attached hydrogen (secondary N) is 1. The third-order valence-corrected chi connectivity index (χ3v) is 3.54. The molecule has 1 aromatic carbocycles. The Balaban J connectivity index is 2.00. The largest absolute Gasteiger partial charge is 0.395 e. The molecule has 1 amide bonds. The lowest BCUT2D eigenvalue weighted by molar-refractivity contribution is -0.137. The van der Waals surface area contributed by atoms with Gasteiger partial charge in [-0.2, -0.15) is 0 Å². The highest BCUT2D eigenvalue weighted by Gasteiger charge is 2.25. The topological polar surface area (TPSA) is 52.6 Å². The van der Waals surface area contributed by atoms with Crippen molar-refractivity contribution >= 4 is 5.91 Å². The molecule has 1 saturated heterocycles. The molecule has 19 heavy (non-hydrogen) atoms. The molecule has 0 aromatic heterocycles. The zero-order valence-corrected chi connectivity index (χ0v) is 11.2. The molecule has 0 saturated carbocycles. The molecule has 0 aliphatic carbocycles. The summed E-state index contributed by atoms with van der Waals surface area (Å²) in [5.41, 5.74) is 1.10. The maximum absolute atomic E-state index is 12.5. The van der Waals surface area contributed by atoms with E-state index in [1.807, 2.05) is 30.3 Å². The average Bonchev–Trinajstić information content (AvgIpc) is 2.48. The molecule has 0 unspecified atom stereocenters. The Labute approximate surface area is 114 Å². The van der Waals surface area contributed by atoms with Gasteiger partial charge in [0.2, 0.25) is 5.91 Å². The molecule has 1 heterocycles. The van der Waals surface area contributed by atoms with Crippen LogP contribution in [-0.4, -0.2) is 42.2 Å². The van der Waals surface area contributed by atoms with Gasteiger partial charge in [-0.05, 0) is 24.9 Å². The van der Waals surface area contributed by atoms with Crippen molar-refractivity contribution in [3.8, 4) is 0 Å². The molecule has 4 nitrogen and oxygen atoms in total. The second-order valence-electron chi connectivity index (χ2n) is 5.01. The van der Waals surface area contributed by atoms with Crippen molar-refractivity contribution in [2.24, 2.45) is 5.92 Å². The number of aliphatic hydroxyl groups is 1. The minimum absolute atomic E-state index is 0.0126. The number of aliphatic hydroxyl groups excluding tert-OH is 1. The molecule has 0 radical (unpaired) electrons. The highest BCUT2D eigenvalue weighted by molar-refractivity contribution is 5.79. The zero-order valence-electron chi connectivity index (χ0n) is 11.2. The fraction of sp³-hybridized carbons (Fsp3) is 0.533. The summed E-state index contributed by atoms with van der Waals surface area (Å²) in [6, 6.07) is 9.93. The van der Waals surface area contributed by atoms with Crippen LogP contribution in [0.15, 0.2) is 30.3 Å². The lowest BCUT2D eigenvalue weighted by atomic mass is 9.98. The summed E-state index contributed by atoms with van der Waals surface area (Å²) in [5, 5.41) is 12.4. The van der Waals surface area contributed by atoms with Crippen LogP contribution in [0.25, 0.3) is 0 Å². The van der Waals surface area contributed by atoms with Crippen molar-refractivity contribution in [2.45, 2.75) is 19.4 Å². The van der Waals surface area contributed by atoms with E-state index in [4.69, 9.17) is 5.11 Å². The third-order valence-electron chi connectivity index (χ3n) is 3.54. The number of benzene rings is 1. The predicted octanol–water partition coefficient (Wildman–Crippen LogP) is 1.01. The maximum atomic E-state index is 12.5. The molecule has 0 bridgehead atoms. The molecule has 2 N–H and O–H groups in total. The first-order valence-corrected chi connectivity index (χ1v) is 6.95. The second-order valence-corrected chi connectivity index (χ2v) is 5.01.